The fourth-order valence-corrected chi connectivity index (χ4v) is 5.63. The van der Waals surface area contributed by atoms with E-state index in [1.165, 1.54) is 29.7 Å². The minimum atomic E-state index is -1.89. The lowest BCUT2D eigenvalue weighted by molar-refractivity contribution is -0.838. The topological polar surface area (TPSA) is 20.3 Å². The number of hydrogen-bond acceptors (Lipinski definition) is 2. The lowest BCUT2D eigenvalue weighted by Crippen LogP contribution is -2.60. The highest BCUT2D eigenvalue weighted by atomic mass is 28.3. The van der Waals surface area contributed by atoms with Crippen LogP contribution in [0.25, 0.3) is 5.70 Å². The summed E-state index contributed by atoms with van der Waals surface area (Å²) >= 11 is 0. The molecule has 23 heavy (non-hydrogen) atoms. The first kappa shape index (κ1) is 16.6. The third kappa shape index (κ3) is 2.72. The maximum Gasteiger partial charge on any atom is 0.565 e. The van der Waals surface area contributed by atoms with Crippen LogP contribution in [-0.2, 0) is 4.46 Å². The second-order valence-electron chi connectivity index (χ2n) is 8.27. The Balaban J connectivity index is 2.01. The molecular weight excluding hydrogens is 300 g/mol. The SMILES string of the molecule is CC(C)(C)[N+](C)(C)[Si](=O)C1C=C(N2CCCC2)c2ccccc21. The predicted molar refractivity (Wildman–Crippen MR) is 96.3 cm³/mol. The Kier molecular flexibility index (Phi) is 4.09. The van der Waals surface area contributed by atoms with Crippen LogP contribution in [0.4, 0.5) is 0 Å². The maximum atomic E-state index is 13.5. The summed E-state index contributed by atoms with van der Waals surface area (Å²) in [5.41, 5.74) is 3.90. The normalized spacial score (nSPS) is 21.3. The molecule has 0 saturated carbocycles. The third-order valence-corrected chi connectivity index (χ3v) is 8.62. The van der Waals surface area contributed by atoms with E-state index in [4.69, 9.17) is 0 Å². The van der Waals surface area contributed by atoms with Gasteiger partial charge in [-0.25, -0.2) is 0 Å². The molecule has 1 aromatic carbocycles. The van der Waals surface area contributed by atoms with Crippen LogP contribution in [0.15, 0.2) is 30.3 Å². The summed E-state index contributed by atoms with van der Waals surface area (Å²) in [6, 6.07) is 8.56. The highest BCUT2D eigenvalue weighted by Crippen LogP contribution is 2.40. The first-order valence-electron chi connectivity index (χ1n) is 8.68. The fraction of sp³-hybridized carbons (Fsp3) is 0.579. The number of rotatable bonds is 3. The lowest BCUT2D eigenvalue weighted by atomic mass is 10.1. The van der Waals surface area contributed by atoms with Crippen LogP contribution in [0, 0.1) is 0 Å². The highest BCUT2D eigenvalue weighted by Gasteiger charge is 2.48. The average Bonchev–Trinajstić information content (AvgIpc) is 3.12. The molecule has 0 spiro atoms. The molecule has 0 N–H and O–H groups in total. The van der Waals surface area contributed by atoms with Gasteiger partial charge in [0.2, 0.25) is 0 Å². The number of allylic oxidation sites excluding steroid dienone is 1. The maximum absolute atomic E-state index is 13.5. The van der Waals surface area contributed by atoms with Crippen molar-refractivity contribution in [3.63, 3.8) is 0 Å². The Labute approximate surface area is 141 Å². The van der Waals surface area contributed by atoms with E-state index in [1.54, 1.807) is 0 Å². The van der Waals surface area contributed by atoms with Crippen molar-refractivity contribution in [1.29, 1.82) is 0 Å². The smallest absolute Gasteiger partial charge is 0.371 e. The van der Waals surface area contributed by atoms with Crippen molar-refractivity contribution >= 4 is 14.5 Å². The molecule has 1 atom stereocenters. The van der Waals surface area contributed by atoms with E-state index in [9.17, 15) is 4.46 Å². The zero-order valence-corrected chi connectivity index (χ0v) is 16.1. The molecular formula is C19H29N2OSi+. The van der Waals surface area contributed by atoms with Gasteiger partial charge < -0.3 is 13.5 Å². The minimum Gasteiger partial charge on any atom is -0.371 e. The second kappa shape index (κ2) is 5.67. The Morgan fingerprint density at radius 1 is 1.13 bits per heavy atom. The number of benzene rings is 1. The van der Waals surface area contributed by atoms with E-state index in [2.05, 4.69) is 70.1 Å². The van der Waals surface area contributed by atoms with Crippen LogP contribution in [0.3, 0.4) is 0 Å². The molecule has 0 amide bonds. The molecule has 4 heteroatoms. The molecule has 1 heterocycles. The van der Waals surface area contributed by atoms with Gasteiger partial charge in [0.15, 0.2) is 0 Å². The largest absolute Gasteiger partial charge is 0.565 e. The summed E-state index contributed by atoms with van der Waals surface area (Å²) in [6.07, 6.45) is 4.83. The lowest BCUT2D eigenvalue weighted by Gasteiger charge is -2.41. The van der Waals surface area contributed by atoms with Gasteiger partial charge in [-0.05, 0) is 45.3 Å². The van der Waals surface area contributed by atoms with Crippen molar-refractivity contribution < 1.29 is 8.61 Å². The molecule has 1 saturated heterocycles. The molecule has 124 valence electrons. The molecule has 0 bridgehead atoms. The van der Waals surface area contributed by atoms with Crippen molar-refractivity contribution in [2.24, 2.45) is 0 Å². The van der Waals surface area contributed by atoms with E-state index in [-0.39, 0.29) is 11.1 Å². The van der Waals surface area contributed by atoms with E-state index < -0.39 is 8.84 Å². The van der Waals surface area contributed by atoms with Crippen molar-refractivity contribution in [3.8, 4) is 0 Å². The van der Waals surface area contributed by atoms with Gasteiger partial charge in [0, 0.05) is 24.4 Å². The van der Waals surface area contributed by atoms with Crippen LogP contribution < -0.4 is 0 Å². The Hall–Kier alpha value is -1.26. The summed E-state index contributed by atoms with van der Waals surface area (Å²) in [7, 11) is 2.34. The van der Waals surface area contributed by atoms with Gasteiger partial charge in [0.1, 0.15) is 5.54 Å². The van der Waals surface area contributed by atoms with Gasteiger partial charge in [0.25, 0.3) is 0 Å². The Morgan fingerprint density at radius 3 is 2.35 bits per heavy atom. The zero-order valence-electron chi connectivity index (χ0n) is 15.1. The van der Waals surface area contributed by atoms with Gasteiger partial charge in [-0.3, -0.25) is 0 Å². The molecule has 1 aliphatic carbocycles. The molecule has 0 aromatic heterocycles. The molecule has 3 rings (SSSR count). The number of likely N-dealkylation sites (tertiary alicyclic amines) is 1. The standard InChI is InChI=1S/C19H29N2OSi/c1-19(2,3)21(4,5)23(22)18-14-17(20-12-8-9-13-20)15-10-6-7-11-16(15)18/h6-7,10-11,14,18H,8-9,12-13H2,1-5H3/q+1. The van der Waals surface area contributed by atoms with E-state index >= 15 is 0 Å². The van der Waals surface area contributed by atoms with E-state index in [1.807, 2.05) is 0 Å². The number of nitrogens with zero attached hydrogens (tertiary/aromatic N) is 2. The van der Waals surface area contributed by atoms with Gasteiger partial charge in [-0.1, -0.05) is 24.3 Å². The summed E-state index contributed by atoms with van der Waals surface area (Å²) in [6.45, 7) is 8.81. The fourth-order valence-electron chi connectivity index (χ4n) is 3.46. The first-order chi connectivity index (χ1) is 10.7. The van der Waals surface area contributed by atoms with Crippen LogP contribution in [0.2, 0.25) is 0 Å². The zero-order chi connectivity index (χ0) is 16.8. The van der Waals surface area contributed by atoms with Gasteiger partial charge in [-0.2, -0.15) is 0 Å². The second-order valence-corrected chi connectivity index (χ2v) is 10.7. The number of fused-ring (bicyclic) bond motifs is 1. The van der Waals surface area contributed by atoms with Crippen molar-refractivity contribution in [3.05, 3.63) is 41.5 Å². The molecule has 0 radical (unpaired) electrons. The number of hydrogen-bond donors (Lipinski definition) is 0. The Morgan fingerprint density at radius 2 is 1.74 bits per heavy atom. The Bertz CT molecular complexity index is 652. The van der Waals surface area contributed by atoms with Gasteiger partial charge in [-0.15, -0.1) is 0 Å². The van der Waals surface area contributed by atoms with Gasteiger partial charge in [0.05, 0.1) is 19.6 Å². The molecule has 3 nitrogen and oxygen atoms in total. The molecule has 2 aliphatic rings. The third-order valence-electron chi connectivity index (χ3n) is 5.84. The highest BCUT2D eigenvalue weighted by molar-refractivity contribution is 6.38. The predicted octanol–water partition coefficient (Wildman–Crippen LogP) is 3.55. The van der Waals surface area contributed by atoms with E-state index in [0.29, 0.717) is 4.15 Å². The minimum absolute atomic E-state index is 0.0325. The van der Waals surface area contributed by atoms with Crippen molar-refractivity contribution in [1.82, 2.24) is 4.90 Å². The van der Waals surface area contributed by atoms with Crippen LogP contribution in [-0.4, -0.2) is 50.6 Å². The van der Waals surface area contributed by atoms with Gasteiger partial charge >= 0.3 is 8.84 Å². The molecule has 1 aliphatic heterocycles. The molecule has 1 unspecified atom stereocenters. The summed E-state index contributed by atoms with van der Waals surface area (Å²) in [4.78, 5) is 2.48. The van der Waals surface area contributed by atoms with Crippen LogP contribution >= 0.6 is 0 Å². The quantitative estimate of drug-likeness (QED) is 0.790. The van der Waals surface area contributed by atoms with Crippen LogP contribution in [0.5, 0.6) is 0 Å². The summed E-state index contributed by atoms with van der Waals surface area (Å²) in [5, 5.41) is 0. The monoisotopic (exact) mass is 329 g/mol. The summed E-state index contributed by atoms with van der Waals surface area (Å²) in [5.74, 6) is 0. The van der Waals surface area contributed by atoms with Crippen molar-refractivity contribution in [2.75, 3.05) is 27.2 Å². The summed E-state index contributed by atoms with van der Waals surface area (Å²) < 4.78 is 14.1. The number of quaternary nitrogens is 1. The van der Waals surface area contributed by atoms with E-state index in [0.717, 1.165) is 13.1 Å². The first-order valence-corrected chi connectivity index (χ1v) is 10.1. The van der Waals surface area contributed by atoms with Crippen molar-refractivity contribution in [2.45, 2.75) is 44.7 Å². The molecule has 1 aromatic rings. The molecule has 1 fully saturated rings. The van der Waals surface area contributed by atoms with Crippen LogP contribution in [0.1, 0.15) is 50.3 Å². The average molecular weight is 330 g/mol.